The summed E-state index contributed by atoms with van der Waals surface area (Å²) in [5.41, 5.74) is 15.4. The zero-order valence-corrected chi connectivity index (χ0v) is 51.3. The first-order valence-corrected chi connectivity index (χ1v) is 32.3. The van der Waals surface area contributed by atoms with Gasteiger partial charge in [0.25, 0.3) is 0 Å². The van der Waals surface area contributed by atoms with Crippen LogP contribution in [-0.4, -0.2) is 62.7 Å². The van der Waals surface area contributed by atoms with Crippen LogP contribution in [0.15, 0.2) is 146 Å². The van der Waals surface area contributed by atoms with E-state index in [0.29, 0.717) is 57.4 Å². The van der Waals surface area contributed by atoms with Gasteiger partial charge in [0.15, 0.2) is 51.7 Å². The molecule has 8 aromatic rings. The van der Waals surface area contributed by atoms with Gasteiger partial charge in [0.2, 0.25) is 11.5 Å². The zero-order chi connectivity index (χ0) is 61.2. The Morgan fingerprint density at radius 1 is 0.405 bits per heavy atom. The van der Waals surface area contributed by atoms with Gasteiger partial charge in [-0.25, -0.2) is 17.6 Å². The van der Waals surface area contributed by atoms with Crippen molar-refractivity contribution < 1.29 is 70.8 Å². The van der Waals surface area contributed by atoms with E-state index in [1.807, 2.05) is 56.3 Å². The summed E-state index contributed by atoms with van der Waals surface area (Å²) in [6, 6.07) is 36.3. The molecule has 0 saturated carbocycles. The van der Waals surface area contributed by atoms with E-state index in [-0.39, 0.29) is 39.8 Å². The minimum atomic E-state index is -0.826. The van der Waals surface area contributed by atoms with Crippen LogP contribution >= 0.6 is 17.8 Å². The van der Waals surface area contributed by atoms with Crippen molar-refractivity contribution in [2.75, 3.05) is 39.9 Å². The van der Waals surface area contributed by atoms with Crippen molar-refractivity contribution in [1.82, 2.24) is 0 Å². The van der Waals surface area contributed by atoms with Crippen molar-refractivity contribution in [3.63, 3.8) is 0 Å². The van der Waals surface area contributed by atoms with E-state index in [9.17, 15) is 37.8 Å². The van der Waals surface area contributed by atoms with Crippen molar-refractivity contribution in [2.24, 2.45) is 0 Å². The maximum absolute atomic E-state index is 13.3. The van der Waals surface area contributed by atoms with Gasteiger partial charge in [-0.1, -0.05) is 52.0 Å². The number of methoxy groups -OCH3 is 4. The van der Waals surface area contributed by atoms with E-state index >= 15 is 0 Å². The molecule has 446 valence electrons. The van der Waals surface area contributed by atoms with E-state index in [2.05, 4.69) is 13.8 Å². The third-order valence-electron chi connectivity index (χ3n) is 11.6. The molecule has 6 N–H and O–H groups in total. The van der Waals surface area contributed by atoms with Crippen molar-refractivity contribution in [2.45, 2.75) is 53.4 Å². The molecular formula is C60H62Cl2F4N4O13Sn. The fraction of sp³-hybridized carbons (Fsp3) is 0.200. The summed E-state index contributed by atoms with van der Waals surface area (Å²) >= 11 is -0.826. The number of hydrogen-bond acceptors (Lipinski definition) is 14. The normalized spacial score (nSPS) is 9.98. The average molecular weight is 1310 g/mol. The number of anilines is 2. The van der Waals surface area contributed by atoms with Crippen molar-refractivity contribution >= 4 is 59.5 Å². The Bertz CT molecular complexity index is 3330. The first kappa shape index (κ1) is 69.9. The molecule has 0 fully saturated rings. The van der Waals surface area contributed by atoms with Crippen LogP contribution in [0.2, 0.25) is 0 Å². The van der Waals surface area contributed by atoms with Crippen LogP contribution in [0.1, 0.15) is 49.9 Å². The predicted octanol–water partition coefficient (Wildman–Crippen LogP) is 15.9. The molecule has 0 saturated heterocycles. The van der Waals surface area contributed by atoms with Crippen LogP contribution in [-0.2, 0) is 25.7 Å². The maximum atomic E-state index is 13.3. The molecular weight excluding hydrogens is 1250 g/mol. The minimum absolute atomic E-state index is 0. The number of hydrogen-bond donors (Lipinski definition) is 2. The molecule has 2 radical (unpaired) electrons. The monoisotopic (exact) mass is 1310 g/mol. The Hall–Kier alpha value is -8.38. The number of nitrogens with zero attached hydrogens (tertiary/aromatic N) is 2. The van der Waals surface area contributed by atoms with Gasteiger partial charge in [-0.3, -0.25) is 20.2 Å². The van der Waals surface area contributed by atoms with Gasteiger partial charge in [-0.15, -0.1) is 0 Å². The van der Waals surface area contributed by atoms with Gasteiger partial charge in [-0.2, -0.15) is 0 Å². The first-order valence-electron chi connectivity index (χ1n) is 25.1. The second-order valence-corrected chi connectivity index (χ2v) is 21.2. The number of nitro benzene ring substituents is 2. The van der Waals surface area contributed by atoms with Crippen LogP contribution in [0.5, 0.6) is 69.0 Å². The molecule has 0 aliphatic carbocycles. The number of nitrogen functional groups attached to an aromatic ring is 2. The number of benzene rings is 8. The van der Waals surface area contributed by atoms with Gasteiger partial charge in [0.05, 0.1) is 49.7 Å². The fourth-order valence-electron chi connectivity index (χ4n) is 7.16. The molecule has 8 aromatic carbocycles. The molecule has 24 heteroatoms. The van der Waals surface area contributed by atoms with Gasteiger partial charge in [0.1, 0.15) is 29.0 Å². The second kappa shape index (κ2) is 35.6. The van der Waals surface area contributed by atoms with E-state index < -0.39 is 52.0 Å². The van der Waals surface area contributed by atoms with Crippen molar-refractivity contribution in [1.29, 1.82) is 0 Å². The van der Waals surface area contributed by atoms with Gasteiger partial charge >= 0.3 is 48.1 Å². The SMILES string of the molecule is CCc1ccc(Oc2cc(F)ccc2N)c(OC)c1.CCc1ccc(Oc2cc(F)ccc2[N+](=O)[O-])c(OC)c1.CCc1ccc(Oc2cc(F)ccc2[N+](=O)[O-])c(OC)c1.CCc1ccc(Oc2ccc(N)c(F)c2)c(OC)c1.O.[Cl][Sn][Cl]. The Balaban J connectivity index is 0.000000288. The third-order valence-corrected chi connectivity index (χ3v) is 11.6. The third kappa shape index (κ3) is 21.1. The van der Waals surface area contributed by atoms with Crippen LogP contribution in [0.3, 0.4) is 0 Å². The molecule has 17 nitrogen and oxygen atoms in total. The predicted molar refractivity (Wildman–Crippen MR) is 319 cm³/mol. The van der Waals surface area contributed by atoms with Crippen LogP contribution in [0.4, 0.5) is 40.3 Å². The summed E-state index contributed by atoms with van der Waals surface area (Å²) in [6.45, 7) is 8.10. The molecule has 0 atom stereocenters. The van der Waals surface area contributed by atoms with Crippen LogP contribution < -0.4 is 49.4 Å². The van der Waals surface area contributed by atoms with Gasteiger partial charge < -0.3 is 54.8 Å². The molecule has 0 aliphatic rings. The van der Waals surface area contributed by atoms with Gasteiger partial charge in [0, 0.05) is 36.4 Å². The van der Waals surface area contributed by atoms with E-state index in [4.69, 9.17) is 67.2 Å². The summed E-state index contributed by atoms with van der Waals surface area (Å²) in [6.07, 6.45) is 3.44. The topological polar surface area (TPSA) is 244 Å². The summed E-state index contributed by atoms with van der Waals surface area (Å²) in [4.78, 5) is 20.7. The molecule has 8 rings (SSSR count). The standard InChI is InChI=1S/2C15H14FNO4.2C15H16FNO2.2ClH.H2O.Sn/c2*1-3-10-4-7-13(15(8-10)20-2)21-14-9-11(16)5-6-12(14)17(18)19;1-3-10-4-7-14(15(8-10)18-2)19-11-5-6-13(17)12(16)9-11;1-3-10-4-7-13(15(8-10)18-2)19-14-9-11(16)5-6-12(14)17;;;;/h2*4-9H,3H2,1-2H3;2*4-9H,3,17H2,1-2H3;2*1H;1H2;/q;;;;;;;+2/p-2. The average Bonchev–Trinajstić information content (AvgIpc) is 3.69. The Kier molecular flexibility index (Phi) is 29.6. The number of rotatable bonds is 18. The number of nitrogens with two attached hydrogens (primary N) is 2. The summed E-state index contributed by atoms with van der Waals surface area (Å²) < 4.78 is 96.2. The summed E-state index contributed by atoms with van der Waals surface area (Å²) in [5.74, 6) is 1.96. The Morgan fingerprint density at radius 3 is 1.01 bits per heavy atom. The molecule has 0 heterocycles. The Morgan fingerprint density at radius 2 is 0.702 bits per heavy atom. The Labute approximate surface area is 501 Å². The van der Waals surface area contributed by atoms with E-state index in [1.165, 1.54) is 44.6 Å². The van der Waals surface area contributed by atoms with E-state index in [1.54, 1.807) is 50.6 Å². The van der Waals surface area contributed by atoms with Crippen LogP contribution in [0, 0.1) is 43.5 Å². The first-order chi connectivity index (χ1) is 39.8. The molecule has 0 spiro atoms. The van der Waals surface area contributed by atoms with Crippen molar-refractivity contribution in [3.05, 3.63) is 211 Å². The van der Waals surface area contributed by atoms with E-state index in [0.717, 1.165) is 84.3 Å². The summed E-state index contributed by atoms with van der Waals surface area (Å²) in [5, 5.41) is 21.9. The molecule has 0 unspecified atom stereocenters. The molecule has 0 aliphatic heterocycles. The number of aryl methyl sites for hydroxylation is 4. The summed E-state index contributed by atoms with van der Waals surface area (Å²) in [7, 11) is 16.0. The number of ether oxygens (including phenoxy) is 8. The second-order valence-electron chi connectivity index (χ2n) is 16.9. The molecule has 0 bridgehead atoms. The molecule has 0 amide bonds. The quantitative estimate of drug-likeness (QED) is 0.0267. The van der Waals surface area contributed by atoms with Crippen LogP contribution in [0.25, 0.3) is 0 Å². The molecule has 84 heavy (non-hydrogen) atoms. The van der Waals surface area contributed by atoms with Gasteiger partial charge in [-0.05, 0) is 133 Å². The number of nitro groups is 2. The fourth-order valence-corrected chi connectivity index (χ4v) is 7.16. The zero-order valence-electron chi connectivity index (χ0n) is 46.9. The molecule has 0 aromatic heterocycles. The van der Waals surface area contributed by atoms with Crippen molar-refractivity contribution in [3.8, 4) is 69.0 Å². The number of halogens is 6.